The van der Waals surface area contributed by atoms with Crippen LogP contribution >= 0.6 is 7.82 Å². The van der Waals surface area contributed by atoms with Crippen LogP contribution in [0.5, 0.6) is 0 Å². The minimum atomic E-state index is -4.32. The summed E-state index contributed by atoms with van der Waals surface area (Å²) in [6, 6.07) is 0. The molecule has 1 N–H and O–H groups in total. The Bertz CT molecular complexity index is 1170. The summed E-state index contributed by atoms with van der Waals surface area (Å²) in [5, 5.41) is 0. The molecule has 0 fully saturated rings. The number of nitrogens with zero attached hydrogens (tertiary/aromatic N) is 1. The van der Waals surface area contributed by atoms with Crippen molar-refractivity contribution in [2.24, 2.45) is 0 Å². The average Bonchev–Trinajstić information content (AvgIpc) is 3.19. The lowest BCUT2D eigenvalue weighted by Gasteiger charge is -2.24. The zero-order valence-corrected chi connectivity index (χ0v) is 39.6. The highest BCUT2D eigenvalue weighted by Gasteiger charge is 2.26. The van der Waals surface area contributed by atoms with Gasteiger partial charge in [-0.2, -0.15) is 0 Å². The maximum absolute atomic E-state index is 12.7. The summed E-state index contributed by atoms with van der Waals surface area (Å²) in [5.41, 5.74) is 0. The summed E-state index contributed by atoms with van der Waals surface area (Å²) in [4.78, 5) is 22.9. The lowest BCUT2D eigenvalue weighted by molar-refractivity contribution is -0.870. The predicted octanol–water partition coefficient (Wildman–Crippen LogP) is 14.6. The Kier molecular flexibility index (Phi) is 40.9. The molecule has 8 nitrogen and oxygen atoms in total. The molecule has 0 saturated heterocycles. The highest BCUT2D eigenvalue weighted by atomic mass is 31.2. The molecule has 0 saturated carbocycles. The van der Waals surface area contributed by atoms with E-state index >= 15 is 0 Å². The predicted molar refractivity (Wildman–Crippen MR) is 251 cm³/mol. The van der Waals surface area contributed by atoms with Gasteiger partial charge in [0.05, 0.1) is 34.0 Å². The number of rotatable bonds is 43. The van der Waals surface area contributed by atoms with Gasteiger partial charge in [-0.3, -0.25) is 13.8 Å². The average molecular weight is 849 g/mol. The van der Waals surface area contributed by atoms with E-state index in [2.05, 4.69) is 62.5 Å². The number of unbranched alkanes of at least 4 members (excludes halogenated alkanes) is 19. The Hall–Kier alpha value is -2.22. The lowest BCUT2D eigenvalue weighted by Crippen LogP contribution is -2.37. The highest BCUT2D eigenvalue weighted by molar-refractivity contribution is 7.47. The fourth-order valence-corrected chi connectivity index (χ4v) is 6.89. The SMILES string of the molecule is CCCCC/C=C/C/C=C/C/C=C/C/C=C/C/C=C/CCC(=O)O[C@H](CO/C=C/CCCCCCCCCCCCCCCCCC)COP(=O)(O)OCC[N+](C)(C)C. The molecule has 0 aromatic heterocycles. The number of carbonyl (C=O) groups excluding carboxylic acids is 1. The number of hydrogen-bond acceptors (Lipinski definition) is 6. The molecule has 0 aromatic rings. The lowest BCUT2D eigenvalue weighted by atomic mass is 10.0. The fraction of sp³-hybridized carbons (Fsp3) is 0.740. The van der Waals surface area contributed by atoms with Crippen molar-refractivity contribution in [1.29, 1.82) is 0 Å². The summed E-state index contributed by atoms with van der Waals surface area (Å²) in [7, 11) is 1.58. The van der Waals surface area contributed by atoms with E-state index in [0.29, 0.717) is 17.4 Å². The molecule has 342 valence electrons. The van der Waals surface area contributed by atoms with E-state index < -0.39 is 19.9 Å². The van der Waals surface area contributed by atoms with Gasteiger partial charge in [0.1, 0.15) is 19.8 Å². The smallest absolute Gasteiger partial charge is 0.472 e. The van der Waals surface area contributed by atoms with Gasteiger partial charge in [0.2, 0.25) is 0 Å². The van der Waals surface area contributed by atoms with Crippen molar-refractivity contribution < 1.29 is 37.3 Å². The van der Waals surface area contributed by atoms with Crippen molar-refractivity contribution in [3.63, 3.8) is 0 Å². The highest BCUT2D eigenvalue weighted by Crippen LogP contribution is 2.43. The van der Waals surface area contributed by atoms with Gasteiger partial charge < -0.3 is 18.9 Å². The second-order valence-corrected chi connectivity index (χ2v) is 18.3. The van der Waals surface area contributed by atoms with E-state index in [0.717, 1.165) is 38.5 Å². The molecular formula is C50H91NO7P+. The number of quaternary nitrogens is 1. The molecule has 0 amide bonds. The van der Waals surface area contributed by atoms with Crippen LogP contribution in [0.15, 0.2) is 73.1 Å². The van der Waals surface area contributed by atoms with Crippen molar-refractivity contribution in [3.8, 4) is 0 Å². The second-order valence-electron chi connectivity index (χ2n) is 16.9. The molecule has 0 aliphatic heterocycles. The monoisotopic (exact) mass is 849 g/mol. The molecule has 0 aliphatic carbocycles. The molecule has 0 aromatic carbocycles. The summed E-state index contributed by atoms with van der Waals surface area (Å²) in [5.74, 6) is -0.416. The van der Waals surface area contributed by atoms with Gasteiger partial charge >= 0.3 is 13.8 Å². The zero-order valence-electron chi connectivity index (χ0n) is 38.7. The van der Waals surface area contributed by atoms with Gasteiger partial charge in [-0.05, 0) is 63.9 Å². The van der Waals surface area contributed by atoms with Crippen LogP contribution in [0, 0.1) is 0 Å². The first-order valence-electron chi connectivity index (χ1n) is 23.7. The van der Waals surface area contributed by atoms with Gasteiger partial charge in [0.15, 0.2) is 6.10 Å². The van der Waals surface area contributed by atoms with Crippen molar-refractivity contribution in [2.45, 2.75) is 193 Å². The van der Waals surface area contributed by atoms with Crippen LogP contribution in [-0.2, 0) is 27.9 Å². The fourth-order valence-electron chi connectivity index (χ4n) is 6.15. The van der Waals surface area contributed by atoms with Crippen LogP contribution in [-0.4, -0.2) is 69.0 Å². The third-order valence-corrected chi connectivity index (χ3v) is 10.8. The first-order chi connectivity index (χ1) is 28.6. The number of ether oxygens (including phenoxy) is 2. The maximum Gasteiger partial charge on any atom is 0.472 e. The van der Waals surface area contributed by atoms with Crippen LogP contribution in [0.2, 0.25) is 0 Å². The molecule has 0 bridgehead atoms. The largest absolute Gasteiger partial charge is 0.498 e. The van der Waals surface area contributed by atoms with Crippen LogP contribution in [0.25, 0.3) is 0 Å². The molecule has 0 aliphatic rings. The van der Waals surface area contributed by atoms with Crippen LogP contribution in [0.1, 0.15) is 187 Å². The summed E-state index contributed by atoms with van der Waals surface area (Å²) in [6.45, 7) is 4.82. The Labute approximate surface area is 363 Å². The minimum absolute atomic E-state index is 0.0159. The normalized spacial score (nSPS) is 14.3. The van der Waals surface area contributed by atoms with Crippen LogP contribution in [0.3, 0.4) is 0 Å². The van der Waals surface area contributed by atoms with E-state index in [1.165, 1.54) is 122 Å². The van der Waals surface area contributed by atoms with E-state index in [1.54, 1.807) is 6.26 Å². The number of hydrogen-bond donors (Lipinski definition) is 1. The van der Waals surface area contributed by atoms with Gasteiger partial charge in [-0.1, -0.05) is 184 Å². The third-order valence-electron chi connectivity index (χ3n) is 9.85. The molecule has 0 radical (unpaired) electrons. The van der Waals surface area contributed by atoms with Gasteiger partial charge in [0, 0.05) is 6.42 Å². The number of phosphoric ester groups is 1. The Morgan fingerprint density at radius 2 is 0.949 bits per heavy atom. The number of carbonyl (C=O) groups is 1. The quantitative estimate of drug-likeness (QED) is 0.0163. The van der Waals surface area contributed by atoms with Crippen molar-refractivity contribution in [2.75, 3.05) is 47.5 Å². The summed E-state index contributed by atoms with van der Waals surface area (Å²) >= 11 is 0. The van der Waals surface area contributed by atoms with Crippen LogP contribution < -0.4 is 0 Å². The van der Waals surface area contributed by atoms with E-state index in [-0.39, 0.29) is 26.2 Å². The Morgan fingerprint density at radius 3 is 1.44 bits per heavy atom. The summed E-state index contributed by atoms with van der Waals surface area (Å²) in [6.07, 6.45) is 56.2. The number of phosphoric acid groups is 1. The molecule has 59 heavy (non-hydrogen) atoms. The molecule has 9 heteroatoms. The molecule has 0 rings (SSSR count). The van der Waals surface area contributed by atoms with Gasteiger partial charge in [-0.15, -0.1) is 0 Å². The van der Waals surface area contributed by atoms with Gasteiger partial charge in [0.25, 0.3) is 0 Å². The van der Waals surface area contributed by atoms with Crippen LogP contribution in [0.4, 0.5) is 0 Å². The second kappa shape index (κ2) is 42.5. The molecular weight excluding hydrogens is 758 g/mol. The van der Waals surface area contributed by atoms with E-state index in [4.69, 9.17) is 18.5 Å². The standard InChI is InChI=1S/C50H90NO7P/c1-6-8-10-12-14-16-18-20-22-24-26-27-29-31-33-35-37-39-41-43-50(52)58-49(48-57-59(53,54)56-46-44-51(3,4)5)47-55-45-42-40-38-36-34-32-30-28-25-23-21-19-17-15-13-11-9-7-2/h14,16,20,22,26-27,31,33,37,39,42,45,49H,6-13,15,17-19,21,23-25,28-30,32,34-36,38,40-41,43-44,46-48H2,1-5H3/p+1/b16-14+,22-20+,27-26+,33-31+,39-37+,45-42+/t49-/m1/s1. The Balaban J connectivity index is 4.38. The molecule has 1 unspecified atom stereocenters. The topological polar surface area (TPSA) is 91.3 Å². The van der Waals surface area contributed by atoms with Crippen molar-refractivity contribution >= 4 is 13.8 Å². The minimum Gasteiger partial charge on any atom is -0.498 e. The molecule has 0 heterocycles. The zero-order chi connectivity index (χ0) is 43.4. The van der Waals surface area contributed by atoms with E-state index in [1.807, 2.05) is 39.4 Å². The number of allylic oxidation sites excluding steroid dienone is 11. The number of esters is 1. The number of likely N-dealkylation sites (N-methyl/N-ethyl adjacent to an activating group) is 1. The molecule has 2 atom stereocenters. The van der Waals surface area contributed by atoms with Crippen molar-refractivity contribution in [3.05, 3.63) is 73.1 Å². The van der Waals surface area contributed by atoms with E-state index in [9.17, 15) is 14.3 Å². The van der Waals surface area contributed by atoms with Gasteiger partial charge in [-0.25, -0.2) is 4.57 Å². The summed E-state index contributed by atoms with van der Waals surface area (Å²) < 4.78 is 34.7. The Morgan fingerprint density at radius 1 is 0.542 bits per heavy atom. The van der Waals surface area contributed by atoms with Crippen molar-refractivity contribution in [1.82, 2.24) is 0 Å². The maximum atomic E-state index is 12.7. The third kappa shape index (κ3) is 46.7. The first kappa shape index (κ1) is 56.8. The molecule has 0 spiro atoms. The first-order valence-corrected chi connectivity index (χ1v) is 25.2.